The Morgan fingerprint density at radius 3 is 1.93 bits per heavy atom. The summed E-state index contributed by atoms with van der Waals surface area (Å²) in [7, 11) is 0. The van der Waals surface area contributed by atoms with Gasteiger partial charge in [0.2, 0.25) is 53.0 Å². The van der Waals surface area contributed by atoms with Crippen molar-refractivity contribution in [3.8, 4) is 28.8 Å². The Bertz CT molecular complexity index is 2460. The van der Waals surface area contributed by atoms with Crippen molar-refractivity contribution in [2.75, 3.05) is 25.0 Å². The number of carboxylic acids is 1. The Balaban J connectivity index is 1.16. The molecule has 1 fully saturated rings. The molecular weight excluding hydrogens is 913 g/mol. The van der Waals surface area contributed by atoms with Gasteiger partial charge in [0, 0.05) is 38.5 Å². The quantitative estimate of drug-likeness (QED) is 0.0274. The summed E-state index contributed by atoms with van der Waals surface area (Å²) in [5.74, 6) is -6.47. The van der Waals surface area contributed by atoms with E-state index in [1.165, 1.54) is 30.5 Å². The second-order valence-electron chi connectivity index (χ2n) is 15.9. The number of aliphatic carboxylic acids is 1. The summed E-state index contributed by atoms with van der Waals surface area (Å²) in [5, 5.41) is 63.4. The molecule has 0 saturated carbocycles. The number of phenolic OH excluding ortho intramolecular Hbond substituents is 1. The van der Waals surface area contributed by atoms with E-state index in [4.69, 9.17) is 11.1 Å². The van der Waals surface area contributed by atoms with Gasteiger partial charge in [-0.3, -0.25) is 53.7 Å². The highest BCUT2D eigenvalue weighted by Crippen LogP contribution is 2.17. The van der Waals surface area contributed by atoms with Crippen LogP contribution < -0.4 is 48.3 Å². The van der Waals surface area contributed by atoms with Gasteiger partial charge in [-0.2, -0.15) is 0 Å². The molecule has 4 atom stereocenters. The zero-order valence-corrected chi connectivity index (χ0v) is 37.8. The van der Waals surface area contributed by atoms with Gasteiger partial charge in [0.15, 0.2) is 5.96 Å². The summed E-state index contributed by atoms with van der Waals surface area (Å²) in [6.45, 7) is -0.365. The first kappa shape index (κ1) is 52.3. The number of guanidine groups is 1. The molecule has 26 nitrogen and oxygen atoms in total. The third-order valence-corrected chi connectivity index (χ3v) is 10.4. The van der Waals surface area contributed by atoms with E-state index in [1.807, 2.05) is 0 Å². The number of nitrogens with two attached hydrogens (primary N) is 1. The summed E-state index contributed by atoms with van der Waals surface area (Å²) < 4.78 is 0. The lowest BCUT2D eigenvalue weighted by Gasteiger charge is -2.26. The van der Waals surface area contributed by atoms with Crippen LogP contribution in [0.15, 0.2) is 67.0 Å². The lowest BCUT2D eigenvalue weighted by atomic mass is 10.0. The third-order valence-electron chi connectivity index (χ3n) is 10.4. The molecule has 0 spiro atoms. The van der Waals surface area contributed by atoms with E-state index in [1.54, 1.807) is 36.5 Å². The van der Waals surface area contributed by atoms with Crippen LogP contribution in [0.25, 0.3) is 23.0 Å². The van der Waals surface area contributed by atoms with Crippen molar-refractivity contribution in [3.05, 3.63) is 72.6 Å². The Morgan fingerprint density at radius 1 is 0.671 bits per heavy atom. The number of carbonyl (C=O) groups is 8. The number of hydrogen-bond acceptors (Lipinski definition) is 16. The Labute approximate surface area is 400 Å². The molecule has 1 aliphatic heterocycles. The topological polar surface area (TPSA) is 400 Å². The minimum atomic E-state index is -1.67. The van der Waals surface area contributed by atoms with Crippen LogP contribution in [0.2, 0.25) is 0 Å². The zero-order chi connectivity index (χ0) is 50.4. The average Bonchev–Trinajstić information content (AvgIpc) is 3.34. The van der Waals surface area contributed by atoms with Gasteiger partial charge in [-0.1, -0.05) is 18.2 Å². The number of aromatic nitrogens is 6. The van der Waals surface area contributed by atoms with Crippen LogP contribution in [0, 0.1) is 5.41 Å². The van der Waals surface area contributed by atoms with Gasteiger partial charge in [-0.25, -0.2) is 0 Å². The fourth-order valence-electron chi connectivity index (χ4n) is 6.83. The van der Waals surface area contributed by atoms with Crippen molar-refractivity contribution in [3.63, 3.8) is 0 Å². The van der Waals surface area contributed by atoms with E-state index in [-0.39, 0.29) is 99.6 Å². The van der Waals surface area contributed by atoms with Crippen molar-refractivity contribution < 1.29 is 48.6 Å². The fraction of sp³-hybridized carbons (Fsp3) is 0.386. The van der Waals surface area contributed by atoms with Crippen LogP contribution in [0.3, 0.4) is 0 Å². The summed E-state index contributed by atoms with van der Waals surface area (Å²) in [6, 6.07) is 8.55. The van der Waals surface area contributed by atoms with Crippen LogP contribution in [0.4, 0.5) is 5.69 Å². The molecule has 4 aromatic rings. The maximum Gasteiger partial charge on any atom is 0.305 e. The molecular formula is C44H54N16O10. The minimum absolute atomic E-state index is 0.000617. The van der Waals surface area contributed by atoms with Gasteiger partial charge < -0.3 is 58.5 Å². The van der Waals surface area contributed by atoms with Gasteiger partial charge in [-0.05, 0) is 80.5 Å². The number of nitrogens with one attached hydrogen (secondary N) is 9. The highest BCUT2D eigenvalue weighted by molar-refractivity contribution is 5.98. The van der Waals surface area contributed by atoms with Gasteiger partial charge in [-0.15, -0.1) is 20.4 Å². The maximum atomic E-state index is 14.0. The summed E-state index contributed by atoms with van der Waals surface area (Å²) in [6.07, 6.45) is 3.08. The van der Waals surface area contributed by atoms with E-state index < -0.39 is 72.6 Å². The van der Waals surface area contributed by atoms with Gasteiger partial charge in [0.1, 0.15) is 41.3 Å². The fourth-order valence-corrected chi connectivity index (χ4v) is 6.83. The molecule has 0 unspecified atom stereocenters. The van der Waals surface area contributed by atoms with Crippen molar-refractivity contribution in [1.82, 2.24) is 67.6 Å². The average molecular weight is 967 g/mol. The second-order valence-corrected chi connectivity index (χ2v) is 15.9. The second kappa shape index (κ2) is 26.6. The molecule has 3 aromatic heterocycles. The molecule has 7 amide bonds. The van der Waals surface area contributed by atoms with Gasteiger partial charge in [0.25, 0.3) is 0 Å². The first-order valence-electron chi connectivity index (χ1n) is 22.2. The van der Waals surface area contributed by atoms with Crippen molar-refractivity contribution in [1.29, 1.82) is 5.41 Å². The van der Waals surface area contributed by atoms with Crippen LogP contribution in [-0.4, -0.2) is 138 Å². The van der Waals surface area contributed by atoms with Crippen molar-refractivity contribution >= 4 is 59.0 Å². The standard InChI is InChI=1S/C44H54N16O10/c45-44(46)49-20-6-9-30-41(68)54-31(42(69)55-32(21-25-12-15-27(61)16-13-25)43(70)56-33(22-37(65)66)40(67)51-24-36(64)53-30)8-2-4-19-48-34(62)10-5-11-35(63)52-26-14-17-29(50-23-26)39-59-57-38(58-60-39)28-7-1-3-18-47-28/h1,3,7,12-18,23,30-33,61H,2,4-6,8-11,19-22,24H2,(H,48,62)(H,51,67)(H,52,63)(H,53,64)(H,54,68)(H,55,69)(H,56,70)(H,65,66)(H4,45,46,49)/t30-,31-,32+,33-/m1/s1. The number of nitrogens with zero attached hydrogens (tertiary/aromatic N) is 6. The highest BCUT2D eigenvalue weighted by Gasteiger charge is 2.33. The van der Waals surface area contributed by atoms with Crippen LogP contribution in [0.5, 0.6) is 5.75 Å². The SMILES string of the molecule is N=C(N)NCCC[C@H]1NC(=O)CNC(=O)[C@@H](CC(=O)O)NC(=O)[C@H](Cc2ccc(O)cc2)NC(=O)[C@@H](CCCCNC(=O)CCCC(=O)Nc2ccc(-c3nnc(-c4ccccn4)nn3)nc2)NC1=O. The molecule has 1 saturated heterocycles. The first-order valence-corrected chi connectivity index (χ1v) is 22.2. The Hall–Kier alpha value is -8.71. The van der Waals surface area contributed by atoms with Crippen LogP contribution >= 0.6 is 0 Å². The zero-order valence-electron chi connectivity index (χ0n) is 37.8. The summed E-state index contributed by atoms with van der Waals surface area (Å²) in [5.41, 5.74) is 7.14. The van der Waals surface area contributed by atoms with E-state index in [9.17, 15) is 48.6 Å². The smallest absolute Gasteiger partial charge is 0.305 e. The van der Waals surface area contributed by atoms with Crippen LogP contribution in [0.1, 0.15) is 63.4 Å². The first-order chi connectivity index (χ1) is 33.6. The molecule has 0 radical (unpaired) electrons. The monoisotopic (exact) mass is 966 g/mol. The van der Waals surface area contributed by atoms with Crippen LogP contribution in [-0.2, 0) is 44.8 Å². The predicted molar refractivity (Wildman–Crippen MR) is 247 cm³/mol. The number of phenols is 1. The van der Waals surface area contributed by atoms with Gasteiger partial charge >= 0.3 is 5.97 Å². The third kappa shape index (κ3) is 17.5. The number of benzene rings is 1. The Kier molecular flexibility index (Phi) is 19.8. The number of carboxylic acid groups (broad SMARTS) is 1. The Morgan fingerprint density at radius 2 is 1.29 bits per heavy atom. The normalized spacial score (nSPS) is 17.7. The number of carbonyl (C=O) groups excluding carboxylic acids is 7. The molecule has 4 heterocycles. The molecule has 0 aliphatic carbocycles. The van der Waals surface area contributed by atoms with E-state index in [0.717, 1.165) is 0 Å². The molecule has 5 rings (SSSR count). The maximum absolute atomic E-state index is 14.0. The largest absolute Gasteiger partial charge is 0.508 e. The number of aromatic hydroxyl groups is 1. The van der Waals surface area contributed by atoms with Crippen molar-refractivity contribution in [2.45, 2.75) is 88.4 Å². The number of amides is 7. The van der Waals surface area contributed by atoms with Crippen molar-refractivity contribution in [2.24, 2.45) is 5.73 Å². The lowest BCUT2D eigenvalue weighted by molar-refractivity contribution is -0.141. The lowest BCUT2D eigenvalue weighted by Crippen LogP contribution is -2.58. The van der Waals surface area contributed by atoms with E-state index >= 15 is 0 Å². The highest BCUT2D eigenvalue weighted by atomic mass is 16.4. The summed E-state index contributed by atoms with van der Waals surface area (Å²) >= 11 is 0. The van der Waals surface area contributed by atoms with E-state index in [0.29, 0.717) is 29.1 Å². The number of pyridine rings is 2. The predicted octanol–water partition coefficient (Wildman–Crippen LogP) is -1.46. The number of hydrogen-bond donors (Lipinski definition) is 12. The number of rotatable bonds is 20. The molecule has 1 aromatic carbocycles. The van der Waals surface area contributed by atoms with Gasteiger partial charge in [0.05, 0.1) is 24.8 Å². The number of anilines is 1. The molecule has 0 bridgehead atoms. The molecule has 1 aliphatic rings. The minimum Gasteiger partial charge on any atom is -0.508 e. The molecule has 26 heteroatoms. The molecule has 13 N–H and O–H groups in total. The number of unbranched alkanes of at least 4 members (excludes halogenated alkanes) is 1. The summed E-state index contributed by atoms with van der Waals surface area (Å²) in [4.78, 5) is 113. The molecule has 370 valence electrons. The van der Waals surface area contributed by atoms with E-state index in [2.05, 4.69) is 72.9 Å². The molecule has 70 heavy (non-hydrogen) atoms.